The molecule has 0 fully saturated rings. The van der Waals surface area contributed by atoms with Crippen molar-refractivity contribution in [1.29, 1.82) is 0 Å². The zero-order valence-corrected chi connectivity index (χ0v) is 13.6. The number of aliphatic hydroxyl groups is 1. The van der Waals surface area contributed by atoms with E-state index in [1.54, 1.807) is 7.11 Å². The van der Waals surface area contributed by atoms with Crippen LogP contribution in [0.5, 0.6) is 5.75 Å². The van der Waals surface area contributed by atoms with Crippen LogP contribution in [0.1, 0.15) is 28.4 Å². The minimum Gasteiger partial charge on any atom is -0.496 e. The molecule has 3 heteroatoms. The Morgan fingerprint density at radius 1 is 1.20 bits per heavy atom. The summed E-state index contributed by atoms with van der Waals surface area (Å²) in [6.07, 6.45) is -0.00303. The van der Waals surface area contributed by atoms with E-state index in [9.17, 15) is 5.11 Å². The van der Waals surface area contributed by atoms with Crippen LogP contribution in [0.4, 0.5) is 0 Å². The summed E-state index contributed by atoms with van der Waals surface area (Å²) in [4.78, 5) is 0. The smallest absolute Gasteiger partial charge is 0.125 e. The van der Waals surface area contributed by atoms with Gasteiger partial charge in [0.15, 0.2) is 0 Å². The largest absolute Gasteiger partial charge is 0.496 e. The topological polar surface area (TPSA) is 29.5 Å². The lowest BCUT2D eigenvalue weighted by Gasteiger charge is -2.17. The maximum absolute atomic E-state index is 10.5. The van der Waals surface area contributed by atoms with Gasteiger partial charge in [-0.05, 0) is 37.1 Å². The van der Waals surface area contributed by atoms with Crippen LogP contribution in [-0.4, -0.2) is 12.2 Å². The summed E-state index contributed by atoms with van der Waals surface area (Å²) < 4.78 is 6.37. The number of aryl methyl sites for hydroxylation is 2. The third-order valence-electron chi connectivity index (χ3n) is 3.38. The zero-order chi connectivity index (χ0) is 14.7. The predicted molar refractivity (Wildman–Crippen MR) is 85.3 cm³/mol. The molecule has 0 amide bonds. The van der Waals surface area contributed by atoms with E-state index in [1.807, 2.05) is 31.2 Å². The van der Waals surface area contributed by atoms with Crippen molar-refractivity contribution in [3.63, 3.8) is 0 Å². The highest BCUT2D eigenvalue weighted by Crippen LogP contribution is 2.32. The van der Waals surface area contributed by atoms with Gasteiger partial charge in [0.1, 0.15) is 5.75 Å². The summed E-state index contributed by atoms with van der Waals surface area (Å²) in [5.74, 6) is 0.728. The summed E-state index contributed by atoms with van der Waals surface area (Å²) in [6.45, 7) is 4.06. The van der Waals surface area contributed by atoms with Crippen LogP contribution in [0.2, 0.25) is 0 Å². The van der Waals surface area contributed by atoms with Crippen LogP contribution in [0.3, 0.4) is 0 Å². The van der Waals surface area contributed by atoms with E-state index < -0.39 is 6.10 Å². The van der Waals surface area contributed by atoms with Crippen molar-refractivity contribution in [2.75, 3.05) is 7.11 Å². The summed E-state index contributed by atoms with van der Waals surface area (Å²) in [7, 11) is 1.63. The lowest BCUT2D eigenvalue weighted by atomic mass is 9.98. The van der Waals surface area contributed by atoms with E-state index in [-0.39, 0.29) is 0 Å². The second kappa shape index (κ2) is 6.42. The molecule has 0 heterocycles. The summed E-state index contributed by atoms with van der Waals surface area (Å²) in [5.41, 5.74) is 4.22. The van der Waals surface area contributed by atoms with Crippen molar-refractivity contribution in [2.24, 2.45) is 0 Å². The Morgan fingerprint density at radius 3 is 2.60 bits per heavy atom. The Kier molecular flexibility index (Phi) is 4.84. The minimum atomic E-state index is -0.580. The molecule has 0 aliphatic heterocycles. The molecular weight excluding hydrogens is 316 g/mol. The van der Waals surface area contributed by atoms with Gasteiger partial charge in [-0.2, -0.15) is 0 Å². The summed E-state index contributed by atoms with van der Waals surface area (Å²) >= 11 is 3.51. The molecule has 0 aliphatic rings. The van der Waals surface area contributed by atoms with Gasteiger partial charge in [0.2, 0.25) is 0 Å². The van der Waals surface area contributed by atoms with Gasteiger partial charge in [0.05, 0.1) is 13.2 Å². The lowest BCUT2D eigenvalue weighted by Crippen LogP contribution is -2.05. The normalized spacial score (nSPS) is 12.2. The van der Waals surface area contributed by atoms with E-state index in [0.29, 0.717) is 6.42 Å². The molecule has 1 atom stereocenters. The van der Waals surface area contributed by atoms with Crippen LogP contribution < -0.4 is 4.74 Å². The van der Waals surface area contributed by atoms with Crippen molar-refractivity contribution in [2.45, 2.75) is 26.4 Å². The van der Waals surface area contributed by atoms with Gasteiger partial charge in [-0.1, -0.05) is 45.8 Å². The number of halogens is 1. The highest BCUT2D eigenvalue weighted by Gasteiger charge is 2.16. The number of methoxy groups -OCH3 is 1. The van der Waals surface area contributed by atoms with Crippen molar-refractivity contribution in [3.8, 4) is 5.75 Å². The van der Waals surface area contributed by atoms with Crippen LogP contribution in [0.15, 0.2) is 40.9 Å². The Balaban J connectivity index is 2.29. The number of rotatable bonds is 4. The number of benzene rings is 2. The second-order valence-corrected chi connectivity index (χ2v) is 5.91. The molecule has 0 aromatic heterocycles. The van der Waals surface area contributed by atoms with Crippen molar-refractivity contribution >= 4 is 15.9 Å². The van der Waals surface area contributed by atoms with Gasteiger partial charge in [-0.3, -0.25) is 0 Å². The van der Waals surface area contributed by atoms with E-state index in [0.717, 1.165) is 26.9 Å². The molecule has 2 nitrogen and oxygen atoms in total. The maximum atomic E-state index is 10.5. The van der Waals surface area contributed by atoms with Gasteiger partial charge in [-0.15, -0.1) is 0 Å². The molecule has 0 bridgehead atoms. The average molecular weight is 335 g/mol. The molecule has 0 saturated heterocycles. The number of hydrogen-bond donors (Lipinski definition) is 1. The Bertz CT molecular complexity index is 608. The zero-order valence-electron chi connectivity index (χ0n) is 12.0. The molecule has 2 aromatic rings. The first-order chi connectivity index (χ1) is 9.51. The van der Waals surface area contributed by atoms with Gasteiger partial charge in [-0.25, -0.2) is 0 Å². The SMILES string of the molecule is COc1cc(C)c(Br)cc1C(O)Cc1cccc(C)c1. The molecular formula is C17H19BrO2. The summed E-state index contributed by atoms with van der Waals surface area (Å²) in [5, 5.41) is 10.5. The molecule has 1 unspecified atom stereocenters. The monoisotopic (exact) mass is 334 g/mol. The van der Waals surface area contributed by atoms with E-state index >= 15 is 0 Å². The van der Waals surface area contributed by atoms with Crippen molar-refractivity contribution in [3.05, 3.63) is 63.1 Å². The third kappa shape index (κ3) is 3.41. The van der Waals surface area contributed by atoms with E-state index in [2.05, 4.69) is 35.0 Å². The molecule has 0 radical (unpaired) electrons. The molecule has 106 valence electrons. The third-order valence-corrected chi connectivity index (χ3v) is 4.24. The Hall–Kier alpha value is -1.32. The Morgan fingerprint density at radius 2 is 1.95 bits per heavy atom. The van der Waals surface area contributed by atoms with Crippen LogP contribution >= 0.6 is 15.9 Å². The predicted octanol–water partition coefficient (Wildman–Crippen LogP) is 4.35. The second-order valence-electron chi connectivity index (χ2n) is 5.05. The number of aliphatic hydroxyl groups excluding tert-OH is 1. The van der Waals surface area contributed by atoms with Gasteiger partial charge in [0, 0.05) is 16.5 Å². The van der Waals surface area contributed by atoms with Crippen LogP contribution in [0.25, 0.3) is 0 Å². The number of hydrogen-bond acceptors (Lipinski definition) is 2. The first kappa shape index (κ1) is 15.1. The Labute approximate surface area is 128 Å². The standard InChI is InChI=1S/C17H19BrO2/c1-11-5-4-6-13(7-11)9-16(19)14-10-15(18)12(2)8-17(14)20-3/h4-8,10,16,19H,9H2,1-3H3. The first-order valence-electron chi connectivity index (χ1n) is 6.59. The van der Waals surface area contributed by atoms with E-state index in [1.165, 1.54) is 5.56 Å². The van der Waals surface area contributed by atoms with Gasteiger partial charge in [0.25, 0.3) is 0 Å². The molecule has 2 aromatic carbocycles. The first-order valence-corrected chi connectivity index (χ1v) is 7.38. The van der Waals surface area contributed by atoms with Crippen molar-refractivity contribution < 1.29 is 9.84 Å². The summed E-state index contributed by atoms with van der Waals surface area (Å²) in [6, 6.07) is 12.1. The van der Waals surface area contributed by atoms with E-state index in [4.69, 9.17) is 4.74 Å². The highest BCUT2D eigenvalue weighted by molar-refractivity contribution is 9.10. The molecule has 1 N–H and O–H groups in total. The van der Waals surface area contributed by atoms with Gasteiger partial charge >= 0.3 is 0 Å². The average Bonchev–Trinajstić information content (AvgIpc) is 2.41. The molecule has 2 rings (SSSR count). The lowest BCUT2D eigenvalue weighted by molar-refractivity contribution is 0.174. The fourth-order valence-corrected chi connectivity index (χ4v) is 2.64. The van der Waals surface area contributed by atoms with Gasteiger partial charge < -0.3 is 9.84 Å². The molecule has 0 aliphatic carbocycles. The fraction of sp³-hybridized carbons (Fsp3) is 0.294. The number of ether oxygens (including phenoxy) is 1. The van der Waals surface area contributed by atoms with Crippen LogP contribution in [0, 0.1) is 13.8 Å². The molecule has 0 spiro atoms. The molecule has 20 heavy (non-hydrogen) atoms. The maximum Gasteiger partial charge on any atom is 0.125 e. The fourth-order valence-electron chi connectivity index (χ4n) is 2.28. The molecule has 0 saturated carbocycles. The minimum absolute atomic E-state index is 0.577. The van der Waals surface area contributed by atoms with Crippen LogP contribution in [-0.2, 0) is 6.42 Å². The van der Waals surface area contributed by atoms with Crippen molar-refractivity contribution in [1.82, 2.24) is 0 Å². The quantitative estimate of drug-likeness (QED) is 0.900. The highest BCUT2D eigenvalue weighted by atomic mass is 79.9.